The van der Waals surface area contributed by atoms with E-state index in [9.17, 15) is 0 Å². The Bertz CT molecular complexity index is 583. The molecule has 1 aromatic rings. The van der Waals surface area contributed by atoms with Gasteiger partial charge < -0.3 is 10.6 Å². The molecule has 2 fully saturated rings. The van der Waals surface area contributed by atoms with Crippen molar-refractivity contribution in [1.29, 1.82) is 0 Å². The maximum absolute atomic E-state index is 4.37. The van der Waals surface area contributed by atoms with Crippen molar-refractivity contribution in [2.75, 3.05) is 14.1 Å². The first-order valence-electron chi connectivity index (χ1n) is 9.91. The van der Waals surface area contributed by atoms with Crippen molar-refractivity contribution in [3.05, 3.63) is 35.4 Å². The summed E-state index contributed by atoms with van der Waals surface area (Å²) in [7, 11) is 4.14. The number of hydrogen-bond donors (Lipinski definition) is 2. The third kappa shape index (κ3) is 6.12. The number of nitrogens with one attached hydrogen (secondary N) is 2. The molecule has 5 heteroatoms. The lowest BCUT2D eigenvalue weighted by Crippen LogP contribution is -2.39. The number of nitrogens with zero attached hydrogens (tertiary/aromatic N) is 2. The van der Waals surface area contributed by atoms with Crippen molar-refractivity contribution in [3.8, 4) is 0 Å². The molecular formula is C21H35IN4. The van der Waals surface area contributed by atoms with Crippen molar-refractivity contribution >= 4 is 29.9 Å². The molecule has 1 aromatic carbocycles. The fourth-order valence-electron chi connectivity index (χ4n) is 3.88. The van der Waals surface area contributed by atoms with Crippen LogP contribution in [0.15, 0.2) is 29.3 Å². The van der Waals surface area contributed by atoms with Crippen LogP contribution in [0.4, 0.5) is 0 Å². The molecular weight excluding hydrogens is 435 g/mol. The highest BCUT2D eigenvalue weighted by Crippen LogP contribution is 2.28. The molecule has 0 spiro atoms. The molecule has 0 bridgehead atoms. The summed E-state index contributed by atoms with van der Waals surface area (Å²) in [5.41, 5.74) is 2.80. The number of benzene rings is 1. The zero-order valence-electron chi connectivity index (χ0n) is 16.5. The standard InChI is InChI=1S/C21H34N4.HI/c1-16-13-20(16)24-21(22-2)23-14-17-9-7-8-10-18(17)15-25(3)19-11-5-4-6-12-19;/h7-10,16,19-20H,4-6,11-15H2,1-3H3,(H2,22,23,24);1H. The third-order valence-electron chi connectivity index (χ3n) is 5.84. The van der Waals surface area contributed by atoms with Crippen LogP contribution < -0.4 is 10.6 Å². The lowest BCUT2D eigenvalue weighted by atomic mass is 9.94. The van der Waals surface area contributed by atoms with E-state index in [-0.39, 0.29) is 24.0 Å². The van der Waals surface area contributed by atoms with Crippen molar-refractivity contribution in [2.45, 2.75) is 70.6 Å². The lowest BCUT2D eigenvalue weighted by Gasteiger charge is -2.31. The fourth-order valence-corrected chi connectivity index (χ4v) is 3.88. The van der Waals surface area contributed by atoms with Gasteiger partial charge in [0.2, 0.25) is 0 Å². The van der Waals surface area contributed by atoms with Crippen LogP contribution in [0.2, 0.25) is 0 Å². The van der Waals surface area contributed by atoms with Crippen LogP contribution >= 0.6 is 24.0 Å². The molecule has 0 amide bonds. The Morgan fingerprint density at radius 1 is 1.15 bits per heavy atom. The van der Waals surface area contributed by atoms with E-state index in [0.29, 0.717) is 6.04 Å². The van der Waals surface area contributed by atoms with Crippen LogP contribution in [0.1, 0.15) is 56.6 Å². The topological polar surface area (TPSA) is 39.7 Å². The Morgan fingerprint density at radius 3 is 2.42 bits per heavy atom. The van der Waals surface area contributed by atoms with Crippen LogP contribution in [0.25, 0.3) is 0 Å². The molecule has 2 aliphatic carbocycles. The van der Waals surface area contributed by atoms with E-state index < -0.39 is 0 Å². The largest absolute Gasteiger partial charge is 0.353 e. The maximum Gasteiger partial charge on any atom is 0.191 e. The Labute approximate surface area is 176 Å². The van der Waals surface area contributed by atoms with E-state index in [1.54, 1.807) is 0 Å². The van der Waals surface area contributed by atoms with Crippen LogP contribution in [-0.2, 0) is 13.1 Å². The Balaban J connectivity index is 0.00000243. The normalized spacial score (nSPS) is 23.5. The zero-order chi connectivity index (χ0) is 17.6. The van der Waals surface area contributed by atoms with E-state index in [0.717, 1.165) is 31.0 Å². The van der Waals surface area contributed by atoms with E-state index in [1.165, 1.54) is 49.7 Å². The summed E-state index contributed by atoms with van der Waals surface area (Å²) < 4.78 is 0. The predicted octanol–water partition coefficient (Wildman–Crippen LogP) is 4.14. The van der Waals surface area contributed by atoms with Gasteiger partial charge in [-0.2, -0.15) is 0 Å². The number of rotatable bonds is 6. The van der Waals surface area contributed by atoms with Crippen molar-refractivity contribution in [3.63, 3.8) is 0 Å². The van der Waals surface area contributed by atoms with Crippen molar-refractivity contribution in [2.24, 2.45) is 10.9 Å². The average molecular weight is 470 g/mol. The number of halogens is 1. The van der Waals surface area contributed by atoms with E-state index in [1.807, 2.05) is 7.05 Å². The lowest BCUT2D eigenvalue weighted by molar-refractivity contribution is 0.184. The predicted molar refractivity (Wildman–Crippen MR) is 121 cm³/mol. The molecule has 2 aliphatic rings. The van der Waals surface area contributed by atoms with Gasteiger partial charge in [0.25, 0.3) is 0 Å². The van der Waals surface area contributed by atoms with Gasteiger partial charge in [-0.1, -0.05) is 50.5 Å². The van der Waals surface area contributed by atoms with Gasteiger partial charge in [-0.25, -0.2) is 0 Å². The molecule has 26 heavy (non-hydrogen) atoms. The van der Waals surface area contributed by atoms with E-state index in [2.05, 4.69) is 58.8 Å². The third-order valence-corrected chi connectivity index (χ3v) is 5.84. The second kappa shape index (κ2) is 10.5. The monoisotopic (exact) mass is 470 g/mol. The summed E-state index contributed by atoms with van der Waals surface area (Å²) in [6.45, 7) is 4.14. The van der Waals surface area contributed by atoms with Gasteiger partial charge in [-0.15, -0.1) is 24.0 Å². The van der Waals surface area contributed by atoms with Crippen LogP contribution in [-0.4, -0.2) is 37.0 Å². The molecule has 2 N–H and O–H groups in total. The van der Waals surface area contributed by atoms with Gasteiger partial charge in [0.15, 0.2) is 5.96 Å². The molecule has 2 unspecified atom stereocenters. The van der Waals surface area contributed by atoms with Gasteiger partial charge in [-0.05, 0) is 43.4 Å². The number of hydrogen-bond acceptors (Lipinski definition) is 2. The smallest absolute Gasteiger partial charge is 0.191 e. The minimum Gasteiger partial charge on any atom is -0.353 e. The molecule has 3 rings (SSSR count). The van der Waals surface area contributed by atoms with Crippen LogP contribution in [0.3, 0.4) is 0 Å². The molecule has 146 valence electrons. The summed E-state index contributed by atoms with van der Waals surface area (Å²) in [5, 5.41) is 6.99. The second-order valence-electron chi connectivity index (χ2n) is 7.87. The molecule has 4 nitrogen and oxygen atoms in total. The van der Waals surface area contributed by atoms with Crippen LogP contribution in [0, 0.1) is 5.92 Å². The van der Waals surface area contributed by atoms with E-state index in [4.69, 9.17) is 0 Å². The van der Waals surface area contributed by atoms with Crippen LogP contribution in [0.5, 0.6) is 0 Å². The highest BCUT2D eigenvalue weighted by molar-refractivity contribution is 14.0. The first-order chi connectivity index (χ1) is 12.2. The Kier molecular flexibility index (Phi) is 8.67. The molecule has 0 saturated heterocycles. The summed E-state index contributed by atoms with van der Waals surface area (Å²) in [6, 6.07) is 10.2. The summed E-state index contributed by atoms with van der Waals surface area (Å²) in [5.74, 6) is 1.69. The summed E-state index contributed by atoms with van der Waals surface area (Å²) >= 11 is 0. The van der Waals surface area contributed by atoms with Gasteiger partial charge in [0.05, 0.1) is 0 Å². The summed E-state index contributed by atoms with van der Waals surface area (Å²) in [4.78, 5) is 6.92. The molecule has 0 heterocycles. The Morgan fingerprint density at radius 2 is 1.81 bits per heavy atom. The second-order valence-corrected chi connectivity index (χ2v) is 7.87. The Hall–Kier alpha value is -0.820. The zero-order valence-corrected chi connectivity index (χ0v) is 18.8. The molecule has 2 saturated carbocycles. The van der Waals surface area contributed by atoms with Gasteiger partial charge in [-0.3, -0.25) is 9.89 Å². The summed E-state index contributed by atoms with van der Waals surface area (Å²) in [6.07, 6.45) is 8.15. The highest BCUT2D eigenvalue weighted by Gasteiger charge is 2.33. The molecule has 0 radical (unpaired) electrons. The number of guanidine groups is 1. The highest BCUT2D eigenvalue weighted by atomic mass is 127. The minimum absolute atomic E-state index is 0. The first kappa shape index (κ1) is 21.5. The SMILES string of the molecule is CN=C(NCc1ccccc1CN(C)C1CCCCC1)NC1CC1C.I. The molecule has 0 aliphatic heterocycles. The quantitative estimate of drug-likeness (QED) is 0.373. The molecule has 2 atom stereocenters. The molecule has 0 aromatic heterocycles. The van der Waals surface area contributed by atoms with Gasteiger partial charge >= 0.3 is 0 Å². The number of aliphatic imine (C=N–C) groups is 1. The van der Waals surface area contributed by atoms with Gasteiger partial charge in [0, 0.05) is 32.2 Å². The van der Waals surface area contributed by atoms with E-state index >= 15 is 0 Å². The van der Waals surface area contributed by atoms with Crippen molar-refractivity contribution in [1.82, 2.24) is 15.5 Å². The average Bonchev–Trinajstić information content (AvgIpc) is 3.35. The van der Waals surface area contributed by atoms with Crippen molar-refractivity contribution < 1.29 is 0 Å². The van der Waals surface area contributed by atoms with Gasteiger partial charge in [0.1, 0.15) is 0 Å². The maximum atomic E-state index is 4.37. The minimum atomic E-state index is 0. The fraction of sp³-hybridized carbons (Fsp3) is 0.667. The first-order valence-corrected chi connectivity index (χ1v) is 9.91.